The number of carbonyl (C=O) groups excluding carboxylic acids is 1. The SMILES string of the molecule is O=C(c1ccc(Br)o1)N1CCC(Oc2nc3ccccc3s2)CC1. The van der Waals surface area contributed by atoms with Crippen molar-refractivity contribution in [1.82, 2.24) is 9.88 Å². The second kappa shape index (κ2) is 6.57. The van der Waals surface area contributed by atoms with E-state index in [-0.39, 0.29) is 12.0 Å². The van der Waals surface area contributed by atoms with Crippen LogP contribution in [0.5, 0.6) is 5.19 Å². The first-order valence-electron chi connectivity index (χ1n) is 7.76. The van der Waals surface area contributed by atoms with Gasteiger partial charge >= 0.3 is 0 Å². The molecule has 0 bridgehead atoms. The molecule has 24 heavy (non-hydrogen) atoms. The molecule has 1 aliphatic rings. The largest absolute Gasteiger partial charge is 0.467 e. The topological polar surface area (TPSA) is 55.6 Å². The van der Waals surface area contributed by atoms with E-state index in [2.05, 4.69) is 20.9 Å². The van der Waals surface area contributed by atoms with E-state index in [4.69, 9.17) is 9.15 Å². The smallest absolute Gasteiger partial charge is 0.289 e. The monoisotopic (exact) mass is 406 g/mol. The number of benzene rings is 1. The van der Waals surface area contributed by atoms with Gasteiger partial charge < -0.3 is 14.1 Å². The van der Waals surface area contributed by atoms with E-state index in [1.54, 1.807) is 23.5 Å². The molecule has 7 heteroatoms. The number of hydrogen-bond donors (Lipinski definition) is 0. The van der Waals surface area contributed by atoms with Gasteiger partial charge in [0.1, 0.15) is 6.10 Å². The summed E-state index contributed by atoms with van der Waals surface area (Å²) in [5, 5.41) is 0.705. The Bertz CT molecular complexity index is 834. The lowest BCUT2D eigenvalue weighted by atomic mass is 10.1. The molecule has 3 heterocycles. The van der Waals surface area contributed by atoms with E-state index >= 15 is 0 Å². The molecule has 0 N–H and O–H groups in total. The lowest BCUT2D eigenvalue weighted by molar-refractivity contribution is 0.0565. The summed E-state index contributed by atoms with van der Waals surface area (Å²) in [6.07, 6.45) is 1.69. The fourth-order valence-corrected chi connectivity index (χ4v) is 3.99. The van der Waals surface area contributed by atoms with Gasteiger partial charge in [-0.1, -0.05) is 23.5 Å². The molecule has 4 rings (SSSR count). The molecule has 0 saturated carbocycles. The van der Waals surface area contributed by atoms with Gasteiger partial charge in [0.05, 0.1) is 10.2 Å². The summed E-state index contributed by atoms with van der Waals surface area (Å²) in [7, 11) is 0. The maximum Gasteiger partial charge on any atom is 0.289 e. The van der Waals surface area contributed by atoms with Crippen LogP contribution >= 0.6 is 27.3 Å². The highest BCUT2D eigenvalue weighted by molar-refractivity contribution is 9.10. The van der Waals surface area contributed by atoms with Gasteiger partial charge in [-0.25, -0.2) is 4.98 Å². The van der Waals surface area contributed by atoms with E-state index in [1.807, 2.05) is 29.2 Å². The molecule has 124 valence electrons. The molecule has 0 atom stereocenters. The predicted octanol–water partition coefficient (Wildman–Crippen LogP) is 4.34. The zero-order valence-electron chi connectivity index (χ0n) is 12.8. The standard InChI is InChI=1S/C17H15BrN2O3S/c18-15-6-5-13(23-15)16(21)20-9-7-11(8-10-20)22-17-19-12-3-1-2-4-14(12)24-17/h1-6,11H,7-10H2. The van der Waals surface area contributed by atoms with Crippen LogP contribution in [0.3, 0.4) is 0 Å². The molecule has 0 unspecified atom stereocenters. The first kappa shape index (κ1) is 15.7. The number of hydrogen-bond acceptors (Lipinski definition) is 5. The first-order chi connectivity index (χ1) is 11.7. The summed E-state index contributed by atoms with van der Waals surface area (Å²) < 4.78 is 13.1. The van der Waals surface area contributed by atoms with Gasteiger partial charge in [-0.15, -0.1) is 0 Å². The van der Waals surface area contributed by atoms with Gasteiger partial charge in [-0.05, 0) is 40.2 Å². The maximum atomic E-state index is 12.4. The molecule has 0 aliphatic carbocycles. The molecule has 5 nitrogen and oxygen atoms in total. The number of thiazole rings is 1. The van der Waals surface area contributed by atoms with E-state index in [9.17, 15) is 4.79 Å². The predicted molar refractivity (Wildman–Crippen MR) is 95.6 cm³/mol. The van der Waals surface area contributed by atoms with E-state index in [0.29, 0.717) is 28.7 Å². The fourth-order valence-electron chi connectivity index (χ4n) is 2.81. The van der Waals surface area contributed by atoms with Crippen LogP contribution in [0, 0.1) is 0 Å². The van der Waals surface area contributed by atoms with E-state index in [1.165, 1.54) is 0 Å². The lowest BCUT2D eigenvalue weighted by Crippen LogP contribution is -2.41. The third-order valence-electron chi connectivity index (χ3n) is 4.05. The number of piperidine rings is 1. The normalized spacial score (nSPS) is 15.8. The number of ether oxygens (including phenoxy) is 1. The summed E-state index contributed by atoms with van der Waals surface area (Å²) in [6.45, 7) is 1.32. The Morgan fingerprint density at radius 3 is 2.75 bits per heavy atom. The Morgan fingerprint density at radius 1 is 1.25 bits per heavy atom. The molecule has 0 spiro atoms. The number of likely N-dealkylation sites (tertiary alicyclic amines) is 1. The summed E-state index contributed by atoms with van der Waals surface area (Å²) in [5.41, 5.74) is 0.966. The molecule has 3 aromatic rings. The van der Waals surface area contributed by atoms with Crippen molar-refractivity contribution in [1.29, 1.82) is 0 Å². The second-order valence-corrected chi connectivity index (χ2v) is 7.44. The fraction of sp³-hybridized carbons (Fsp3) is 0.294. The van der Waals surface area contributed by atoms with Gasteiger partial charge in [0.15, 0.2) is 10.4 Å². The molecular formula is C17H15BrN2O3S. The van der Waals surface area contributed by atoms with Crippen LogP contribution in [0.15, 0.2) is 45.5 Å². The highest BCUT2D eigenvalue weighted by Gasteiger charge is 2.26. The van der Waals surface area contributed by atoms with Crippen molar-refractivity contribution in [2.24, 2.45) is 0 Å². The Labute approximate surface area is 151 Å². The molecule has 2 aromatic heterocycles. The van der Waals surface area contributed by atoms with Crippen LogP contribution in [0.4, 0.5) is 0 Å². The van der Waals surface area contributed by atoms with Crippen molar-refractivity contribution >= 4 is 43.4 Å². The lowest BCUT2D eigenvalue weighted by Gasteiger charge is -2.31. The number of fused-ring (bicyclic) bond motifs is 1. The van der Waals surface area contributed by atoms with Crippen LogP contribution in [0.25, 0.3) is 10.2 Å². The number of halogens is 1. The zero-order chi connectivity index (χ0) is 16.5. The minimum absolute atomic E-state index is 0.0702. The van der Waals surface area contributed by atoms with Gasteiger partial charge in [-0.3, -0.25) is 4.79 Å². The molecule has 1 fully saturated rings. The number of aromatic nitrogens is 1. The van der Waals surface area contributed by atoms with Gasteiger partial charge in [0, 0.05) is 25.9 Å². The van der Waals surface area contributed by atoms with Crippen LogP contribution in [0.2, 0.25) is 0 Å². The first-order valence-corrected chi connectivity index (χ1v) is 9.37. The minimum atomic E-state index is -0.0702. The summed E-state index contributed by atoms with van der Waals surface area (Å²) in [4.78, 5) is 18.7. The van der Waals surface area contributed by atoms with E-state index in [0.717, 1.165) is 23.1 Å². The number of rotatable bonds is 3. The second-order valence-electron chi connectivity index (χ2n) is 5.66. The Kier molecular flexibility index (Phi) is 4.28. The number of furan rings is 1. The van der Waals surface area contributed by atoms with Crippen LogP contribution in [-0.2, 0) is 0 Å². The molecule has 1 amide bonds. The quantitative estimate of drug-likeness (QED) is 0.649. The molecule has 1 aromatic carbocycles. The van der Waals surface area contributed by atoms with Crippen molar-refractivity contribution in [3.05, 3.63) is 46.8 Å². The highest BCUT2D eigenvalue weighted by Crippen LogP contribution is 2.29. The van der Waals surface area contributed by atoms with Gasteiger partial charge in [-0.2, -0.15) is 0 Å². The Balaban J connectivity index is 1.36. The molecule has 0 radical (unpaired) electrons. The van der Waals surface area contributed by atoms with Crippen LogP contribution in [0.1, 0.15) is 23.4 Å². The summed E-state index contributed by atoms with van der Waals surface area (Å²) in [6, 6.07) is 11.4. The molecule has 1 saturated heterocycles. The average Bonchev–Trinajstić information content (AvgIpc) is 3.20. The van der Waals surface area contributed by atoms with Gasteiger partial charge in [0.2, 0.25) is 0 Å². The van der Waals surface area contributed by atoms with Crippen molar-refractivity contribution < 1.29 is 13.9 Å². The van der Waals surface area contributed by atoms with Gasteiger partial charge in [0.25, 0.3) is 11.1 Å². The third-order valence-corrected chi connectivity index (χ3v) is 5.41. The summed E-state index contributed by atoms with van der Waals surface area (Å²) >= 11 is 4.79. The van der Waals surface area contributed by atoms with Crippen molar-refractivity contribution in [3.63, 3.8) is 0 Å². The van der Waals surface area contributed by atoms with E-state index < -0.39 is 0 Å². The van der Waals surface area contributed by atoms with Crippen molar-refractivity contribution in [2.75, 3.05) is 13.1 Å². The molecule has 1 aliphatic heterocycles. The maximum absolute atomic E-state index is 12.4. The number of nitrogens with zero attached hydrogens (tertiary/aromatic N) is 2. The Morgan fingerprint density at radius 2 is 2.04 bits per heavy atom. The molecular weight excluding hydrogens is 392 g/mol. The Hall–Kier alpha value is -1.86. The van der Waals surface area contributed by atoms with Crippen molar-refractivity contribution in [2.45, 2.75) is 18.9 Å². The number of amides is 1. The third kappa shape index (κ3) is 3.18. The van der Waals surface area contributed by atoms with Crippen molar-refractivity contribution in [3.8, 4) is 5.19 Å². The van der Waals surface area contributed by atoms with Crippen LogP contribution in [-0.4, -0.2) is 35.0 Å². The number of para-hydroxylation sites is 1. The highest BCUT2D eigenvalue weighted by atomic mass is 79.9. The zero-order valence-corrected chi connectivity index (χ0v) is 15.2. The number of carbonyl (C=O) groups is 1. The summed E-state index contributed by atoms with van der Waals surface area (Å²) in [5.74, 6) is 0.298. The van der Waals surface area contributed by atoms with Crippen LogP contribution < -0.4 is 4.74 Å². The minimum Gasteiger partial charge on any atom is -0.467 e. The average molecular weight is 407 g/mol.